The molecule has 2 heteroatoms. The summed E-state index contributed by atoms with van der Waals surface area (Å²) in [5, 5.41) is 4.67. The van der Waals surface area contributed by atoms with E-state index < -0.39 is 0 Å². The van der Waals surface area contributed by atoms with E-state index in [2.05, 4.69) is 64.1 Å². The van der Waals surface area contributed by atoms with Crippen LogP contribution in [-0.2, 0) is 0 Å². The Morgan fingerprint density at radius 1 is 0.533 bits per heavy atom. The second-order valence-electron chi connectivity index (χ2n) is 8.57. The van der Waals surface area contributed by atoms with Crippen LogP contribution in [-0.4, -0.2) is 13.2 Å². The molecule has 0 fully saturated rings. The van der Waals surface area contributed by atoms with E-state index in [-0.39, 0.29) is 0 Å². The summed E-state index contributed by atoms with van der Waals surface area (Å²) < 4.78 is 12.9. The van der Waals surface area contributed by atoms with Crippen molar-refractivity contribution in [1.29, 1.82) is 0 Å². The van der Waals surface area contributed by atoms with Crippen LogP contribution in [0.25, 0.3) is 21.5 Å². The maximum absolute atomic E-state index is 6.45. The van der Waals surface area contributed by atoms with Gasteiger partial charge in [0.1, 0.15) is 11.5 Å². The third-order valence-electron chi connectivity index (χ3n) is 5.82. The zero-order valence-corrected chi connectivity index (χ0v) is 19.4. The average Bonchev–Trinajstić information content (AvgIpc) is 2.74. The predicted molar refractivity (Wildman–Crippen MR) is 130 cm³/mol. The highest BCUT2D eigenvalue weighted by molar-refractivity contribution is 6.11. The van der Waals surface area contributed by atoms with Crippen LogP contribution in [0, 0.1) is 13.8 Å². The maximum atomic E-state index is 6.45. The van der Waals surface area contributed by atoms with Crippen molar-refractivity contribution in [3.8, 4) is 11.5 Å². The minimum Gasteiger partial charge on any atom is -0.492 e. The average molecular weight is 407 g/mol. The number of hydrogen-bond donors (Lipinski definition) is 0. The minimum atomic E-state index is 0.767. The summed E-state index contributed by atoms with van der Waals surface area (Å²) in [6.45, 7) is 10.3. The third kappa shape index (κ3) is 5.47. The van der Waals surface area contributed by atoms with Gasteiger partial charge in [0.25, 0.3) is 0 Å². The first kappa shape index (κ1) is 22.5. The summed E-state index contributed by atoms with van der Waals surface area (Å²) >= 11 is 0. The van der Waals surface area contributed by atoms with Crippen molar-refractivity contribution in [1.82, 2.24) is 0 Å². The highest BCUT2D eigenvalue weighted by Crippen LogP contribution is 2.43. The van der Waals surface area contributed by atoms with E-state index in [1.807, 2.05) is 0 Å². The van der Waals surface area contributed by atoms with Crippen molar-refractivity contribution in [3.05, 3.63) is 47.5 Å². The van der Waals surface area contributed by atoms with E-state index in [1.54, 1.807) is 0 Å². The van der Waals surface area contributed by atoms with Crippen LogP contribution in [0.3, 0.4) is 0 Å². The summed E-state index contributed by atoms with van der Waals surface area (Å²) in [4.78, 5) is 0. The molecule has 0 radical (unpaired) electrons. The lowest BCUT2D eigenvalue weighted by Crippen LogP contribution is -2.02. The standard InChI is InChI=1S/C28H38O2/c1-5-7-9-11-17-29-27-23-15-13-21(3)19-25(23)28(30-18-12-10-8-6-2)26-20-22(4)14-16-24(26)27/h13-16,19-20H,5-12,17-18H2,1-4H3. The number of hydrogen-bond acceptors (Lipinski definition) is 2. The van der Waals surface area contributed by atoms with Gasteiger partial charge < -0.3 is 9.47 Å². The number of aryl methyl sites for hydroxylation is 2. The molecule has 3 aromatic carbocycles. The monoisotopic (exact) mass is 406 g/mol. The largest absolute Gasteiger partial charge is 0.492 e. The SMILES string of the molecule is CCCCCCOc1c2ccc(C)cc2c(OCCCCCC)c2cc(C)ccc12. The van der Waals surface area contributed by atoms with E-state index in [4.69, 9.17) is 9.47 Å². The maximum Gasteiger partial charge on any atom is 0.135 e. The Bertz CT molecular complexity index is 895. The van der Waals surface area contributed by atoms with Gasteiger partial charge in [0.2, 0.25) is 0 Å². The Morgan fingerprint density at radius 2 is 0.967 bits per heavy atom. The first-order valence-electron chi connectivity index (χ1n) is 11.9. The Kier molecular flexibility index (Phi) is 8.42. The Balaban J connectivity index is 2.01. The van der Waals surface area contributed by atoms with Gasteiger partial charge in [0.15, 0.2) is 0 Å². The molecule has 0 aliphatic carbocycles. The van der Waals surface area contributed by atoms with Gasteiger partial charge in [-0.15, -0.1) is 0 Å². The van der Waals surface area contributed by atoms with Gasteiger partial charge in [-0.3, -0.25) is 0 Å². The zero-order chi connectivity index (χ0) is 21.3. The zero-order valence-electron chi connectivity index (χ0n) is 19.4. The molecule has 0 heterocycles. The fourth-order valence-electron chi connectivity index (χ4n) is 4.10. The fourth-order valence-corrected chi connectivity index (χ4v) is 4.10. The molecule has 3 aromatic rings. The van der Waals surface area contributed by atoms with Crippen LogP contribution in [0.5, 0.6) is 11.5 Å². The highest BCUT2D eigenvalue weighted by Gasteiger charge is 2.16. The molecule has 0 atom stereocenters. The number of benzene rings is 3. The summed E-state index contributed by atoms with van der Waals surface area (Å²) in [7, 11) is 0. The van der Waals surface area contributed by atoms with Gasteiger partial charge >= 0.3 is 0 Å². The first-order valence-corrected chi connectivity index (χ1v) is 11.9. The quantitative estimate of drug-likeness (QED) is 0.222. The van der Waals surface area contributed by atoms with E-state index in [0.29, 0.717) is 0 Å². The smallest absolute Gasteiger partial charge is 0.135 e. The summed E-state index contributed by atoms with van der Waals surface area (Å²) in [5.41, 5.74) is 2.50. The predicted octanol–water partition coefficient (Wildman–Crippen LogP) is 8.53. The second-order valence-corrected chi connectivity index (χ2v) is 8.57. The molecule has 0 spiro atoms. The van der Waals surface area contributed by atoms with Crippen molar-refractivity contribution in [2.45, 2.75) is 79.1 Å². The van der Waals surface area contributed by atoms with Crippen molar-refractivity contribution in [2.75, 3.05) is 13.2 Å². The van der Waals surface area contributed by atoms with Crippen LogP contribution >= 0.6 is 0 Å². The van der Waals surface area contributed by atoms with Crippen LogP contribution in [0.2, 0.25) is 0 Å². The molecule has 0 aliphatic heterocycles. The van der Waals surface area contributed by atoms with Crippen LogP contribution in [0.1, 0.15) is 76.3 Å². The molecule has 0 bridgehead atoms. The molecule has 0 unspecified atom stereocenters. The number of fused-ring (bicyclic) bond motifs is 2. The molecule has 30 heavy (non-hydrogen) atoms. The molecule has 0 N–H and O–H groups in total. The normalized spacial score (nSPS) is 11.3. The van der Waals surface area contributed by atoms with Crippen molar-refractivity contribution in [2.24, 2.45) is 0 Å². The Morgan fingerprint density at radius 3 is 1.40 bits per heavy atom. The lowest BCUT2D eigenvalue weighted by atomic mass is 9.97. The van der Waals surface area contributed by atoms with Crippen molar-refractivity contribution < 1.29 is 9.47 Å². The first-order chi connectivity index (χ1) is 14.7. The number of rotatable bonds is 12. The number of ether oxygens (including phenoxy) is 2. The van der Waals surface area contributed by atoms with Crippen molar-refractivity contribution >= 4 is 21.5 Å². The molecule has 0 saturated heterocycles. The van der Waals surface area contributed by atoms with Crippen molar-refractivity contribution in [3.63, 3.8) is 0 Å². The third-order valence-corrected chi connectivity index (χ3v) is 5.82. The van der Waals surface area contributed by atoms with Crippen LogP contribution in [0.4, 0.5) is 0 Å². The van der Waals surface area contributed by atoms with E-state index >= 15 is 0 Å². The molecule has 2 nitrogen and oxygen atoms in total. The summed E-state index contributed by atoms with van der Waals surface area (Å²) in [5.74, 6) is 2.03. The number of unbranched alkanes of at least 4 members (excludes halogenated alkanes) is 6. The minimum absolute atomic E-state index is 0.767. The Hall–Kier alpha value is -2.22. The van der Waals surface area contributed by atoms with Crippen LogP contribution < -0.4 is 9.47 Å². The second kappa shape index (κ2) is 11.2. The van der Waals surface area contributed by atoms with Gasteiger partial charge in [0.05, 0.1) is 13.2 Å². The highest BCUT2D eigenvalue weighted by atomic mass is 16.5. The molecule has 0 amide bonds. The molecule has 0 aliphatic rings. The molecular weight excluding hydrogens is 368 g/mol. The van der Waals surface area contributed by atoms with E-state index in [1.165, 1.54) is 60.4 Å². The lowest BCUT2D eigenvalue weighted by molar-refractivity contribution is 0.307. The van der Waals surface area contributed by atoms with Crippen LogP contribution in [0.15, 0.2) is 36.4 Å². The van der Waals surface area contributed by atoms with Gasteiger partial charge in [-0.05, 0) is 38.8 Å². The molecule has 3 rings (SSSR count). The molecule has 0 saturated carbocycles. The lowest BCUT2D eigenvalue weighted by Gasteiger charge is -2.19. The summed E-state index contributed by atoms with van der Waals surface area (Å²) in [6.07, 6.45) is 9.69. The topological polar surface area (TPSA) is 18.5 Å². The van der Waals surface area contributed by atoms with E-state index in [0.717, 1.165) is 48.3 Å². The van der Waals surface area contributed by atoms with E-state index in [9.17, 15) is 0 Å². The Labute approximate surface area is 182 Å². The fraction of sp³-hybridized carbons (Fsp3) is 0.500. The molecule has 0 aromatic heterocycles. The molecule has 162 valence electrons. The molecular formula is C28H38O2. The van der Waals surface area contributed by atoms with Gasteiger partial charge in [-0.25, -0.2) is 0 Å². The summed E-state index contributed by atoms with van der Waals surface area (Å²) in [6, 6.07) is 13.3. The van der Waals surface area contributed by atoms with Gasteiger partial charge in [-0.2, -0.15) is 0 Å². The van der Waals surface area contributed by atoms with Gasteiger partial charge in [0, 0.05) is 21.5 Å². The van der Waals surface area contributed by atoms with Gasteiger partial charge in [-0.1, -0.05) is 87.8 Å².